The summed E-state index contributed by atoms with van der Waals surface area (Å²) in [5.74, 6) is -0.0194. The molecule has 45 heavy (non-hydrogen) atoms. The van der Waals surface area contributed by atoms with Crippen LogP contribution < -0.4 is 0 Å². The maximum absolute atomic E-state index is 14.0. The molecule has 0 saturated heterocycles. The van der Waals surface area contributed by atoms with Crippen LogP contribution in [0.5, 0.6) is 0 Å². The lowest BCUT2D eigenvalue weighted by Gasteiger charge is -2.18. The molecule has 0 spiro atoms. The summed E-state index contributed by atoms with van der Waals surface area (Å²) in [6, 6.07) is 26.0. The zero-order valence-corrected chi connectivity index (χ0v) is 26.8. The number of nitrogens with zero attached hydrogens (tertiary/aromatic N) is 1. The number of carbonyl (C=O) groups is 2. The Balaban J connectivity index is 1.63. The summed E-state index contributed by atoms with van der Waals surface area (Å²) < 4.78 is 16.2. The van der Waals surface area contributed by atoms with Crippen LogP contribution in [0.2, 0.25) is 0 Å². The molecule has 1 heterocycles. The molecule has 6 rings (SSSR count). The van der Waals surface area contributed by atoms with Crippen molar-refractivity contribution in [2.24, 2.45) is 5.92 Å². The minimum absolute atomic E-state index is 0.00517. The molecule has 0 fully saturated rings. The number of unbranched alkanes of at least 4 members (excludes halogenated alkanes) is 1. The van der Waals surface area contributed by atoms with Gasteiger partial charge in [0.2, 0.25) is 0 Å². The molecule has 5 aromatic carbocycles. The zero-order valence-electron chi connectivity index (χ0n) is 26.8. The van der Waals surface area contributed by atoms with Crippen molar-refractivity contribution in [1.82, 2.24) is 4.57 Å². The van der Waals surface area contributed by atoms with E-state index >= 15 is 0 Å². The number of fused-ring (bicyclic) bond motifs is 5. The molecule has 0 aliphatic heterocycles. The van der Waals surface area contributed by atoms with Crippen LogP contribution in [0.4, 0.5) is 4.39 Å². The fourth-order valence-electron chi connectivity index (χ4n) is 7.10. The van der Waals surface area contributed by atoms with E-state index in [4.69, 9.17) is 0 Å². The van der Waals surface area contributed by atoms with Gasteiger partial charge in [-0.05, 0) is 98.2 Å². The molecule has 0 aliphatic rings. The molecule has 4 heteroatoms. The van der Waals surface area contributed by atoms with Crippen molar-refractivity contribution in [1.29, 1.82) is 0 Å². The van der Waals surface area contributed by atoms with E-state index in [9.17, 15) is 14.0 Å². The first kappa shape index (κ1) is 30.5. The van der Waals surface area contributed by atoms with Crippen molar-refractivity contribution in [3.63, 3.8) is 0 Å². The standard InChI is InChI=1S/C41H40FNO2/c1-6-8-11-28(7-2)24-43-37-19-16-30(41(45)38-26(4)20-25(3)21-27(38)5)22-34(37)35-23-36(32-12-9-10-13-33(32)39(35)43)40(44)29-14-17-31(42)18-15-29/h9-10,12-23,28H,6-8,11,24H2,1-5H3. The second kappa shape index (κ2) is 12.4. The summed E-state index contributed by atoms with van der Waals surface area (Å²) in [5.41, 5.74) is 7.61. The monoisotopic (exact) mass is 597 g/mol. The Kier molecular flexibility index (Phi) is 8.42. The number of halogens is 1. The predicted molar refractivity (Wildman–Crippen MR) is 184 cm³/mol. The molecule has 1 aromatic heterocycles. The van der Waals surface area contributed by atoms with Gasteiger partial charge < -0.3 is 4.57 Å². The summed E-state index contributed by atoms with van der Waals surface area (Å²) in [4.78, 5) is 28.0. The fourth-order valence-corrected chi connectivity index (χ4v) is 7.10. The number of hydrogen-bond acceptors (Lipinski definition) is 2. The fraction of sp³-hybridized carbons (Fsp3) is 0.268. The number of benzene rings is 5. The predicted octanol–water partition coefficient (Wildman–Crippen LogP) is 10.7. The lowest BCUT2D eigenvalue weighted by Crippen LogP contribution is -2.11. The lowest BCUT2D eigenvalue weighted by molar-refractivity contribution is 0.103. The first-order valence-corrected chi connectivity index (χ1v) is 16.1. The molecule has 0 radical (unpaired) electrons. The van der Waals surface area contributed by atoms with E-state index in [1.165, 1.54) is 18.6 Å². The van der Waals surface area contributed by atoms with Gasteiger partial charge in [0.25, 0.3) is 0 Å². The van der Waals surface area contributed by atoms with Gasteiger partial charge in [0.05, 0.1) is 5.52 Å². The van der Waals surface area contributed by atoms with E-state index in [0.717, 1.165) is 80.6 Å². The third-order valence-electron chi connectivity index (χ3n) is 9.36. The van der Waals surface area contributed by atoms with Gasteiger partial charge in [-0.1, -0.05) is 75.1 Å². The number of ketones is 2. The first-order valence-electron chi connectivity index (χ1n) is 16.1. The number of hydrogen-bond donors (Lipinski definition) is 0. The smallest absolute Gasteiger partial charge is 0.193 e. The van der Waals surface area contributed by atoms with Gasteiger partial charge in [-0.15, -0.1) is 0 Å². The van der Waals surface area contributed by atoms with Gasteiger partial charge >= 0.3 is 0 Å². The quantitative estimate of drug-likeness (QED) is 0.147. The maximum atomic E-state index is 14.0. The number of aromatic nitrogens is 1. The van der Waals surface area contributed by atoms with Crippen LogP contribution in [0, 0.1) is 32.5 Å². The molecule has 3 nitrogen and oxygen atoms in total. The largest absolute Gasteiger partial charge is 0.340 e. The van der Waals surface area contributed by atoms with E-state index < -0.39 is 0 Å². The molecule has 0 N–H and O–H groups in total. The van der Waals surface area contributed by atoms with E-state index in [1.54, 1.807) is 12.1 Å². The van der Waals surface area contributed by atoms with Crippen molar-refractivity contribution in [3.05, 3.63) is 130 Å². The van der Waals surface area contributed by atoms with Gasteiger partial charge in [0, 0.05) is 50.5 Å². The van der Waals surface area contributed by atoms with Gasteiger partial charge in [0.1, 0.15) is 5.82 Å². The van der Waals surface area contributed by atoms with Gasteiger partial charge in [0.15, 0.2) is 11.6 Å². The van der Waals surface area contributed by atoms with Crippen LogP contribution in [-0.2, 0) is 6.54 Å². The Morgan fingerprint density at radius 2 is 1.40 bits per heavy atom. The van der Waals surface area contributed by atoms with Crippen molar-refractivity contribution < 1.29 is 14.0 Å². The Labute approximate surface area is 264 Å². The second-order valence-electron chi connectivity index (χ2n) is 12.6. The van der Waals surface area contributed by atoms with E-state index in [1.807, 2.05) is 57.2 Å². The summed E-state index contributed by atoms with van der Waals surface area (Å²) in [6.07, 6.45) is 4.56. The van der Waals surface area contributed by atoms with E-state index in [2.05, 4.69) is 42.7 Å². The van der Waals surface area contributed by atoms with Gasteiger partial charge in [-0.2, -0.15) is 0 Å². The van der Waals surface area contributed by atoms with Crippen molar-refractivity contribution >= 4 is 44.1 Å². The minimum atomic E-state index is -0.375. The summed E-state index contributed by atoms with van der Waals surface area (Å²) >= 11 is 0. The van der Waals surface area contributed by atoms with Crippen LogP contribution in [0.15, 0.2) is 84.9 Å². The lowest BCUT2D eigenvalue weighted by atomic mass is 9.92. The molecule has 1 unspecified atom stereocenters. The summed E-state index contributed by atoms with van der Waals surface area (Å²) in [6.45, 7) is 11.4. The third-order valence-corrected chi connectivity index (χ3v) is 9.36. The Hall–Kier alpha value is -4.57. The van der Waals surface area contributed by atoms with Crippen molar-refractivity contribution in [3.8, 4) is 0 Å². The van der Waals surface area contributed by atoms with Crippen LogP contribution in [0.25, 0.3) is 32.6 Å². The average Bonchev–Trinajstić information content (AvgIpc) is 3.34. The number of carbonyl (C=O) groups excluding carboxylic acids is 2. The van der Waals surface area contributed by atoms with Crippen LogP contribution in [0.1, 0.15) is 88.1 Å². The maximum Gasteiger partial charge on any atom is 0.193 e. The molecule has 6 aromatic rings. The molecule has 0 amide bonds. The van der Waals surface area contributed by atoms with Crippen LogP contribution >= 0.6 is 0 Å². The van der Waals surface area contributed by atoms with Gasteiger partial charge in [-0.25, -0.2) is 4.39 Å². The molecule has 0 aliphatic carbocycles. The minimum Gasteiger partial charge on any atom is -0.340 e. The van der Waals surface area contributed by atoms with Crippen molar-refractivity contribution in [2.45, 2.75) is 66.8 Å². The Morgan fingerprint density at radius 3 is 2.07 bits per heavy atom. The topological polar surface area (TPSA) is 39.1 Å². The van der Waals surface area contributed by atoms with E-state index in [0.29, 0.717) is 22.6 Å². The second-order valence-corrected chi connectivity index (χ2v) is 12.6. The number of rotatable bonds is 10. The van der Waals surface area contributed by atoms with Crippen LogP contribution in [0.3, 0.4) is 0 Å². The first-order chi connectivity index (χ1) is 21.7. The molecular weight excluding hydrogens is 557 g/mol. The highest BCUT2D eigenvalue weighted by atomic mass is 19.1. The summed E-state index contributed by atoms with van der Waals surface area (Å²) in [5, 5.41) is 3.78. The SMILES string of the molecule is CCCCC(CC)Cn1c2ccc(C(=O)c3c(C)cc(C)cc3C)cc2c2cc(C(=O)c3ccc(F)cc3)c3ccccc3c21. The summed E-state index contributed by atoms with van der Waals surface area (Å²) in [7, 11) is 0. The molecular formula is C41H40FNO2. The van der Waals surface area contributed by atoms with Crippen LogP contribution in [-0.4, -0.2) is 16.1 Å². The molecule has 0 bridgehead atoms. The number of aryl methyl sites for hydroxylation is 3. The zero-order chi connectivity index (χ0) is 31.8. The highest BCUT2D eigenvalue weighted by Crippen LogP contribution is 2.39. The third kappa shape index (κ3) is 5.59. The normalized spacial score (nSPS) is 12.3. The average molecular weight is 598 g/mol. The molecule has 0 saturated carbocycles. The van der Waals surface area contributed by atoms with E-state index in [-0.39, 0.29) is 17.4 Å². The molecule has 228 valence electrons. The van der Waals surface area contributed by atoms with Gasteiger partial charge in [-0.3, -0.25) is 9.59 Å². The highest BCUT2D eigenvalue weighted by Gasteiger charge is 2.23. The molecule has 1 atom stereocenters. The highest BCUT2D eigenvalue weighted by molar-refractivity contribution is 6.26. The Bertz CT molecular complexity index is 2060. The Morgan fingerprint density at radius 1 is 0.733 bits per heavy atom. The van der Waals surface area contributed by atoms with Crippen molar-refractivity contribution in [2.75, 3.05) is 0 Å².